The van der Waals surface area contributed by atoms with Crippen LogP contribution in [0, 0.1) is 5.82 Å². The zero-order valence-electron chi connectivity index (χ0n) is 12.9. The van der Waals surface area contributed by atoms with Gasteiger partial charge in [0.05, 0.1) is 0 Å². The predicted octanol–water partition coefficient (Wildman–Crippen LogP) is 4.93. The number of allylic oxidation sites excluding steroid dienone is 1. The van der Waals surface area contributed by atoms with Crippen LogP contribution < -0.4 is 0 Å². The molecule has 1 unspecified atom stereocenters. The van der Waals surface area contributed by atoms with E-state index in [1.165, 1.54) is 12.1 Å². The first-order valence-electron chi connectivity index (χ1n) is 7.93. The van der Waals surface area contributed by atoms with Crippen LogP contribution in [0.5, 0.6) is 0 Å². The Morgan fingerprint density at radius 2 is 2.12 bits per heavy atom. The lowest BCUT2D eigenvalue weighted by atomic mass is 9.87. The zero-order valence-corrected chi connectivity index (χ0v) is 13.7. The summed E-state index contributed by atoms with van der Waals surface area (Å²) in [6.45, 7) is 0. The van der Waals surface area contributed by atoms with E-state index in [-0.39, 0.29) is 11.9 Å². The monoisotopic (exact) mass is 339 g/mol. The average molecular weight is 340 g/mol. The fourth-order valence-electron chi connectivity index (χ4n) is 3.12. The molecule has 0 spiro atoms. The number of fused-ring (bicyclic) bond motifs is 1. The van der Waals surface area contributed by atoms with E-state index >= 15 is 0 Å². The third-order valence-electron chi connectivity index (χ3n) is 4.28. The molecule has 0 N–H and O–H groups in total. The van der Waals surface area contributed by atoms with Gasteiger partial charge >= 0.3 is 0 Å². The molecular formula is C19H15ClFN3. The molecular weight excluding hydrogens is 325 g/mol. The van der Waals surface area contributed by atoms with Gasteiger partial charge in [-0.05, 0) is 54.7 Å². The Morgan fingerprint density at radius 1 is 1.21 bits per heavy atom. The summed E-state index contributed by atoms with van der Waals surface area (Å²) >= 11 is 6.30. The van der Waals surface area contributed by atoms with Crippen LogP contribution in [0.3, 0.4) is 0 Å². The van der Waals surface area contributed by atoms with Gasteiger partial charge in [0.2, 0.25) is 0 Å². The number of pyridine rings is 1. The number of aromatic nitrogens is 1. The molecule has 0 saturated heterocycles. The molecule has 1 aliphatic heterocycles. The van der Waals surface area contributed by atoms with Crippen molar-refractivity contribution in [2.24, 2.45) is 9.98 Å². The van der Waals surface area contributed by atoms with Gasteiger partial charge in [0, 0.05) is 28.7 Å². The first-order chi connectivity index (χ1) is 11.7. The van der Waals surface area contributed by atoms with Crippen molar-refractivity contribution in [3.63, 3.8) is 0 Å². The van der Waals surface area contributed by atoms with E-state index in [9.17, 15) is 4.39 Å². The van der Waals surface area contributed by atoms with Gasteiger partial charge in [-0.3, -0.25) is 9.98 Å². The Hall–Kier alpha value is -2.33. The molecule has 1 aromatic heterocycles. The van der Waals surface area contributed by atoms with E-state index in [2.05, 4.69) is 11.1 Å². The first-order valence-corrected chi connectivity index (χ1v) is 8.31. The van der Waals surface area contributed by atoms with Crippen molar-refractivity contribution in [1.82, 2.24) is 4.98 Å². The number of rotatable bonds is 2. The van der Waals surface area contributed by atoms with Gasteiger partial charge in [0.25, 0.3) is 0 Å². The molecule has 0 saturated carbocycles. The maximum Gasteiger partial charge on any atom is 0.157 e. The highest BCUT2D eigenvalue weighted by molar-refractivity contribution is 6.31. The highest BCUT2D eigenvalue weighted by Gasteiger charge is 2.29. The minimum absolute atomic E-state index is 0.249. The Labute approximate surface area is 144 Å². The summed E-state index contributed by atoms with van der Waals surface area (Å²) in [7, 11) is 0. The molecule has 3 nitrogen and oxygen atoms in total. The molecule has 2 aromatic rings. The molecule has 5 heteroatoms. The van der Waals surface area contributed by atoms with Crippen LogP contribution in [-0.2, 0) is 0 Å². The fraction of sp³-hybridized carbons (Fsp3) is 0.211. The van der Waals surface area contributed by atoms with Crippen LogP contribution in [0.1, 0.15) is 36.4 Å². The lowest BCUT2D eigenvalue weighted by Gasteiger charge is -2.27. The zero-order chi connectivity index (χ0) is 16.5. The van der Waals surface area contributed by atoms with Crippen LogP contribution in [0.2, 0.25) is 5.02 Å². The number of aliphatic imine (C=N–C) groups is 2. The molecule has 1 aromatic carbocycles. The number of halogens is 2. The molecule has 120 valence electrons. The molecule has 0 bridgehead atoms. The smallest absolute Gasteiger partial charge is 0.157 e. The Kier molecular flexibility index (Phi) is 3.98. The molecule has 1 aliphatic carbocycles. The summed E-state index contributed by atoms with van der Waals surface area (Å²) in [4.78, 5) is 13.7. The fourth-order valence-corrected chi connectivity index (χ4v) is 3.39. The summed E-state index contributed by atoms with van der Waals surface area (Å²) < 4.78 is 13.4. The normalized spacial score (nSPS) is 19.9. The molecule has 4 rings (SSSR count). The number of hydrogen-bond donors (Lipinski definition) is 0. The summed E-state index contributed by atoms with van der Waals surface area (Å²) in [6.07, 6.45) is 8.65. The van der Waals surface area contributed by atoms with Crippen LogP contribution >= 0.6 is 11.6 Å². The summed E-state index contributed by atoms with van der Waals surface area (Å²) in [5.41, 5.74) is 3.81. The Balaban J connectivity index is 1.85. The quantitative estimate of drug-likeness (QED) is 0.764. The van der Waals surface area contributed by atoms with Crippen molar-refractivity contribution >= 4 is 23.1 Å². The molecule has 1 atom stereocenters. The Morgan fingerprint density at radius 3 is 2.92 bits per heavy atom. The molecule has 0 radical (unpaired) electrons. The highest BCUT2D eigenvalue weighted by atomic mass is 35.5. The van der Waals surface area contributed by atoms with Crippen LogP contribution in [-0.4, -0.2) is 16.5 Å². The Bertz CT molecular complexity index is 871. The summed E-state index contributed by atoms with van der Waals surface area (Å²) in [5.74, 6) is 0.310. The van der Waals surface area contributed by atoms with E-state index < -0.39 is 0 Å². The first kappa shape index (κ1) is 15.2. The predicted molar refractivity (Wildman–Crippen MR) is 94.3 cm³/mol. The third kappa shape index (κ3) is 2.78. The molecule has 2 heterocycles. The molecule has 0 amide bonds. The van der Waals surface area contributed by atoms with Crippen LogP contribution in [0.15, 0.2) is 64.4 Å². The lowest BCUT2D eigenvalue weighted by molar-refractivity contribution is 0.626. The van der Waals surface area contributed by atoms with Crippen molar-refractivity contribution in [2.45, 2.75) is 25.3 Å². The van der Waals surface area contributed by atoms with E-state index in [0.717, 1.165) is 41.7 Å². The maximum absolute atomic E-state index is 13.4. The van der Waals surface area contributed by atoms with Crippen molar-refractivity contribution < 1.29 is 4.39 Å². The second kappa shape index (κ2) is 6.29. The minimum atomic E-state index is -0.345. The number of benzene rings is 1. The lowest BCUT2D eigenvalue weighted by Crippen LogP contribution is -2.22. The van der Waals surface area contributed by atoms with Gasteiger partial charge < -0.3 is 0 Å². The van der Waals surface area contributed by atoms with E-state index in [0.29, 0.717) is 10.9 Å². The molecule has 24 heavy (non-hydrogen) atoms. The van der Waals surface area contributed by atoms with Crippen LogP contribution in [0.25, 0.3) is 0 Å². The minimum Gasteiger partial charge on any atom is -0.264 e. The van der Waals surface area contributed by atoms with Gasteiger partial charge in [0.1, 0.15) is 11.9 Å². The maximum atomic E-state index is 13.4. The standard InChI is InChI=1S/C19H15ClFN3/c20-16-10-13(21)7-8-14(16)18-15-5-1-2-6-17(15)23-19(24-18)12-4-3-9-22-11-12/h3-5,7-11,18H,1-2,6H2. The SMILES string of the molecule is Fc1ccc(C2N=C(c3cccnc3)N=C3CCCC=C32)c(Cl)c1. The highest BCUT2D eigenvalue weighted by Crippen LogP contribution is 2.38. The second-order valence-corrected chi connectivity index (χ2v) is 6.28. The van der Waals surface area contributed by atoms with E-state index in [1.54, 1.807) is 18.5 Å². The van der Waals surface area contributed by atoms with Crippen molar-refractivity contribution in [3.05, 3.63) is 76.3 Å². The van der Waals surface area contributed by atoms with Crippen molar-refractivity contribution in [2.75, 3.05) is 0 Å². The number of nitrogens with zero attached hydrogens (tertiary/aromatic N) is 3. The molecule has 2 aliphatic rings. The van der Waals surface area contributed by atoms with Crippen molar-refractivity contribution in [1.29, 1.82) is 0 Å². The van der Waals surface area contributed by atoms with E-state index in [4.69, 9.17) is 21.6 Å². The number of hydrogen-bond acceptors (Lipinski definition) is 3. The van der Waals surface area contributed by atoms with E-state index in [1.807, 2.05) is 12.1 Å². The van der Waals surface area contributed by atoms with Gasteiger partial charge in [0.15, 0.2) is 5.84 Å². The summed E-state index contributed by atoms with van der Waals surface area (Å²) in [6, 6.07) is 8.03. The van der Waals surface area contributed by atoms with Crippen LogP contribution in [0.4, 0.5) is 4.39 Å². The second-order valence-electron chi connectivity index (χ2n) is 5.87. The molecule has 0 fully saturated rings. The number of amidine groups is 1. The van der Waals surface area contributed by atoms with Gasteiger partial charge in [-0.1, -0.05) is 23.7 Å². The van der Waals surface area contributed by atoms with Gasteiger partial charge in [-0.25, -0.2) is 9.38 Å². The third-order valence-corrected chi connectivity index (χ3v) is 4.61. The average Bonchev–Trinajstić information content (AvgIpc) is 2.62. The topological polar surface area (TPSA) is 37.6 Å². The van der Waals surface area contributed by atoms with Gasteiger partial charge in [-0.2, -0.15) is 0 Å². The van der Waals surface area contributed by atoms with Crippen molar-refractivity contribution in [3.8, 4) is 0 Å². The summed E-state index contributed by atoms with van der Waals surface area (Å²) in [5, 5.41) is 0.391. The largest absolute Gasteiger partial charge is 0.264 e. The van der Waals surface area contributed by atoms with Gasteiger partial charge in [-0.15, -0.1) is 0 Å².